The van der Waals surface area contributed by atoms with Crippen molar-refractivity contribution in [3.8, 4) is 0 Å². The zero-order valence-corrected chi connectivity index (χ0v) is 13.6. The normalized spacial score (nSPS) is 10.5. The molecule has 0 aliphatic rings. The van der Waals surface area contributed by atoms with Crippen LogP contribution in [0, 0.1) is 5.82 Å². The quantitative estimate of drug-likeness (QED) is 0.636. The van der Waals surface area contributed by atoms with Gasteiger partial charge < -0.3 is 0 Å². The maximum atomic E-state index is 13.5. The number of carbonyl (C=O) groups excluding carboxylic acids is 2. The molecule has 0 atom stereocenters. The first-order valence-corrected chi connectivity index (χ1v) is 7.60. The van der Waals surface area contributed by atoms with Crippen LogP contribution in [0.1, 0.15) is 11.1 Å². The molecule has 0 saturated heterocycles. The van der Waals surface area contributed by atoms with Crippen LogP contribution in [0.3, 0.4) is 0 Å². The minimum atomic E-state index is -0.550. The molecule has 118 valence electrons. The van der Waals surface area contributed by atoms with Crippen LogP contribution >= 0.6 is 15.9 Å². The smallest absolute Gasteiger partial charge is 0.262 e. The van der Waals surface area contributed by atoms with Crippen LogP contribution in [0.2, 0.25) is 0 Å². The molecule has 0 unspecified atom stereocenters. The van der Waals surface area contributed by atoms with E-state index in [4.69, 9.17) is 0 Å². The molecular weight excluding hydrogens is 363 g/mol. The van der Waals surface area contributed by atoms with Gasteiger partial charge in [0.25, 0.3) is 5.91 Å². The van der Waals surface area contributed by atoms with Crippen LogP contribution in [0.4, 0.5) is 4.39 Å². The number of benzene rings is 2. The zero-order chi connectivity index (χ0) is 16.7. The van der Waals surface area contributed by atoms with E-state index < -0.39 is 11.7 Å². The monoisotopic (exact) mass is 376 g/mol. The average molecular weight is 377 g/mol. The van der Waals surface area contributed by atoms with Crippen LogP contribution in [-0.4, -0.2) is 11.8 Å². The van der Waals surface area contributed by atoms with Gasteiger partial charge in [0.1, 0.15) is 5.82 Å². The first kappa shape index (κ1) is 16.9. The summed E-state index contributed by atoms with van der Waals surface area (Å²) in [6.45, 7) is 0. The first-order valence-electron chi connectivity index (χ1n) is 6.80. The van der Waals surface area contributed by atoms with Gasteiger partial charge in [-0.25, -0.2) is 4.39 Å². The van der Waals surface area contributed by atoms with E-state index in [0.29, 0.717) is 4.47 Å². The number of carbonyl (C=O) groups is 2. The van der Waals surface area contributed by atoms with Gasteiger partial charge in [0, 0.05) is 16.1 Å². The van der Waals surface area contributed by atoms with E-state index in [9.17, 15) is 14.0 Å². The van der Waals surface area contributed by atoms with Gasteiger partial charge in [-0.3, -0.25) is 20.4 Å². The van der Waals surface area contributed by atoms with E-state index in [1.54, 1.807) is 12.1 Å². The Hall–Kier alpha value is -2.47. The molecule has 2 aromatic rings. The molecule has 0 bridgehead atoms. The Morgan fingerprint density at radius 2 is 1.83 bits per heavy atom. The van der Waals surface area contributed by atoms with E-state index in [2.05, 4.69) is 26.8 Å². The van der Waals surface area contributed by atoms with Crippen molar-refractivity contribution in [1.82, 2.24) is 10.9 Å². The minimum absolute atomic E-state index is 0.158. The fraction of sp³-hybridized carbons (Fsp3) is 0.0588. The van der Waals surface area contributed by atoms with Gasteiger partial charge in [0.05, 0.1) is 6.42 Å². The molecule has 0 aliphatic heterocycles. The van der Waals surface area contributed by atoms with Gasteiger partial charge in [-0.2, -0.15) is 0 Å². The molecule has 4 nitrogen and oxygen atoms in total. The zero-order valence-electron chi connectivity index (χ0n) is 12.1. The Morgan fingerprint density at radius 3 is 2.57 bits per heavy atom. The van der Waals surface area contributed by atoms with Crippen molar-refractivity contribution in [3.05, 3.63) is 76.0 Å². The lowest BCUT2D eigenvalue weighted by Gasteiger charge is -2.05. The lowest BCUT2D eigenvalue weighted by molar-refractivity contribution is -0.126. The van der Waals surface area contributed by atoms with Crippen LogP contribution in [0.5, 0.6) is 0 Å². The predicted molar refractivity (Wildman–Crippen MR) is 89.6 cm³/mol. The Balaban J connectivity index is 1.84. The van der Waals surface area contributed by atoms with Gasteiger partial charge in [-0.05, 0) is 29.8 Å². The highest BCUT2D eigenvalue weighted by Crippen LogP contribution is 2.16. The molecule has 0 radical (unpaired) electrons. The molecule has 2 rings (SSSR count). The second-order valence-electron chi connectivity index (χ2n) is 4.70. The van der Waals surface area contributed by atoms with Crippen molar-refractivity contribution >= 4 is 33.8 Å². The van der Waals surface area contributed by atoms with E-state index >= 15 is 0 Å². The number of halogens is 2. The van der Waals surface area contributed by atoms with E-state index in [0.717, 1.165) is 11.6 Å². The molecule has 0 aromatic heterocycles. The third-order valence-electron chi connectivity index (χ3n) is 2.90. The molecule has 2 aromatic carbocycles. The molecule has 0 spiro atoms. The van der Waals surface area contributed by atoms with Crippen molar-refractivity contribution in [3.63, 3.8) is 0 Å². The molecule has 0 saturated carbocycles. The third-order valence-corrected chi connectivity index (χ3v) is 3.40. The van der Waals surface area contributed by atoms with Crippen molar-refractivity contribution in [1.29, 1.82) is 0 Å². The van der Waals surface area contributed by atoms with Crippen molar-refractivity contribution in [2.75, 3.05) is 0 Å². The van der Waals surface area contributed by atoms with Gasteiger partial charge in [-0.1, -0.05) is 46.3 Å². The summed E-state index contributed by atoms with van der Waals surface area (Å²) in [5, 5.41) is 0. The second-order valence-corrected chi connectivity index (χ2v) is 5.61. The third kappa shape index (κ3) is 5.67. The Morgan fingerprint density at radius 1 is 1.09 bits per heavy atom. The molecule has 2 amide bonds. The predicted octanol–water partition coefficient (Wildman–Crippen LogP) is 2.99. The molecule has 2 N–H and O–H groups in total. The van der Waals surface area contributed by atoms with Gasteiger partial charge in [0.15, 0.2) is 0 Å². The van der Waals surface area contributed by atoms with E-state index in [1.165, 1.54) is 12.1 Å². The van der Waals surface area contributed by atoms with Crippen molar-refractivity contribution in [2.24, 2.45) is 0 Å². The lowest BCUT2D eigenvalue weighted by Crippen LogP contribution is -2.41. The molecule has 23 heavy (non-hydrogen) atoms. The largest absolute Gasteiger partial charge is 0.273 e. The standard InChI is InChI=1S/C17H14BrFN2O2/c18-14-7-8-15(19)13(11-14)6-9-16(22)20-21-17(23)10-12-4-2-1-3-5-12/h1-9,11H,10H2,(H,20,22)(H,21,23)/b9-6+. The van der Waals surface area contributed by atoms with Crippen molar-refractivity contribution < 1.29 is 14.0 Å². The van der Waals surface area contributed by atoms with Crippen LogP contribution in [0.25, 0.3) is 6.08 Å². The number of amides is 2. The second kappa shape index (κ2) is 8.24. The van der Waals surface area contributed by atoms with E-state index in [1.807, 2.05) is 30.3 Å². The Bertz CT molecular complexity index is 733. The maximum Gasteiger partial charge on any atom is 0.262 e. The summed E-state index contributed by atoms with van der Waals surface area (Å²) in [5.74, 6) is -1.33. The Labute approximate surface area is 141 Å². The van der Waals surface area contributed by atoms with Crippen LogP contribution < -0.4 is 10.9 Å². The minimum Gasteiger partial charge on any atom is -0.273 e. The van der Waals surface area contributed by atoms with Crippen LogP contribution in [0.15, 0.2) is 59.1 Å². The first-order chi connectivity index (χ1) is 11.0. The average Bonchev–Trinajstić information content (AvgIpc) is 2.54. The molecule has 0 fully saturated rings. The number of hydrogen-bond donors (Lipinski definition) is 2. The summed E-state index contributed by atoms with van der Waals surface area (Å²) in [6, 6.07) is 13.6. The summed E-state index contributed by atoms with van der Waals surface area (Å²) in [5.41, 5.74) is 5.66. The summed E-state index contributed by atoms with van der Waals surface area (Å²) in [4.78, 5) is 23.3. The van der Waals surface area contributed by atoms with Gasteiger partial charge in [0.2, 0.25) is 5.91 Å². The number of hydrazine groups is 1. The summed E-state index contributed by atoms with van der Waals surface area (Å²) in [7, 11) is 0. The fourth-order valence-corrected chi connectivity index (χ4v) is 2.19. The number of hydrogen-bond acceptors (Lipinski definition) is 2. The SMILES string of the molecule is O=C(/C=C/c1cc(Br)ccc1F)NNC(=O)Cc1ccccc1. The Kier molecular flexibility index (Phi) is 6.05. The summed E-state index contributed by atoms with van der Waals surface area (Å²) >= 11 is 3.23. The lowest BCUT2D eigenvalue weighted by atomic mass is 10.1. The van der Waals surface area contributed by atoms with Crippen molar-refractivity contribution in [2.45, 2.75) is 6.42 Å². The maximum absolute atomic E-state index is 13.5. The molecule has 0 aliphatic carbocycles. The van der Waals surface area contributed by atoms with Gasteiger partial charge in [-0.15, -0.1) is 0 Å². The molecule has 0 heterocycles. The molecular formula is C17H14BrFN2O2. The highest BCUT2D eigenvalue weighted by atomic mass is 79.9. The highest BCUT2D eigenvalue weighted by Gasteiger charge is 2.04. The topological polar surface area (TPSA) is 58.2 Å². The number of rotatable bonds is 4. The number of nitrogens with one attached hydrogen (secondary N) is 2. The van der Waals surface area contributed by atoms with Crippen LogP contribution in [-0.2, 0) is 16.0 Å². The summed E-state index contributed by atoms with van der Waals surface area (Å²) in [6.07, 6.45) is 2.64. The van der Waals surface area contributed by atoms with Gasteiger partial charge >= 0.3 is 0 Å². The molecule has 6 heteroatoms. The highest BCUT2D eigenvalue weighted by molar-refractivity contribution is 9.10. The van der Waals surface area contributed by atoms with E-state index in [-0.39, 0.29) is 17.9 Å². The fourth-order valence-electron chi connectivity index (χ4n) is 1.81. The summed E-state index contributed by atoms with van der Waals surface area (Å²) < 4.78 is 14.2.